The van der Waals surface area contributed by atoms with E-state index in [9.17, 15) is 18.0 Å². The molecule has 0 aliphatic carbocycles. The average molecular weight is 368 g/mol. The molecule has 0 atom stereocenters. The standard InChI is InChI=1S/C15H16N2O5S2/c1-9(2)17-24(21,22)10-7-13(23-8-10)14(18)16-12-6-4-3-5-11(12)15(19)20/h3-9,17H,1-2H3,(H,16,18)(H,19,20). The smallest absolute Gasteiger partial charge is 0.337 e. The number of carbonyl (C=O) groups is 2. The van der Waals surface area contributed by atoms with E-state index in [1.54, 1.807) is 26.0 Å². The van der Waals surface area contributed by atoms with Crippen LogP contribution in [0.1, 0.15) is 33.9 Å². The zero-order valence-electron chi connectivity index (χ0n) is 12.9. The summed E-state index contributed by atoms with van der Waals surface area (Å²) in [6.45, 7) is 3.39. The lowest BCUT2D eigenvalue weighted by Crippen LogP contribution is -2.29. The van der Waals surface area contributed by atoms with Crippen molar-refractivity contribution in [3.05, 3.63) is 46.2 Å². The van der Waals surface area contributed by atoms with Gasteiger partial charge in [0, 0.05) is 11.4 Å². The molecule has 2 aromatic rings. The minimum absolute atomic E-state index is 0.00197. The van der Waals surface area contributed by atoms with Crippen LogP contribution in [0, 0.1) is 0 Å². The summed E-state index contributed by atoms with van der Waals surface area (Å²) >= 11 is 0.966. The molecule has 0 radical (unpaired) electrons. The maximum atomic E-state index is 12.2. The third kappa shape index (κ3) is 4.19. The van der Waals surface area contributed by atoms with E-state index in [4.69, 9.17) is 5.11 Å². The van der Waals surface area contributed by atoms with Crippen molar-refractivity contribution in [2.24, 2.45) is 0 Å². The lowest BCUT2D eigenvalue weighted by Gasteiger charge is -2.08. The first-order valence-electron chi connectivity index (χ1n) is 6.95. The highest BCUT2D eigenvalue weighted by Gasteiger charge is 2.20. The van der Waals surface area contributed by atoms with Crippen LogP contribution in [0.15, 0.2) is 40.6 Å². The first-order valence-corrected chi connectivity index (χ1v) is 9.31. The van der Waals surface area contributed by atoms with Crippen LogP contribution < -0.4 is 10.0 Å². The van der Waals surface area contributed by atoms with Crippen molar-refractivity contribution in [3.63, 3.8) is 0 Å². The van der Waals surface area contributed by atoms with Gasteiger partial charge in [-0.3, -0.25) is 4.79 Å². The van der Waals surface area contributed by atoms with Crippen molar-refractivity contribution in [1.82, 2.24) is 4.72 Å². The lowest BCUT2D eigenvalue weighted by atomic mass is 10.2. The number of hydrogen-bond acceptors (Lipinski definition) is 5. The molecule has 0 aliphatic rings. The van der Waals surface area contributed by atoms with Gasteiger partial charge in [-0.2, -0.15) is 0 Å². The number of aromatic carboxylic acids is 1. The van der Waals surface area contributed by atoms with E-state index in [1.807, 2.05) is 0 Å². The molecule has 1 aromatic heterocycles. The van der Waals surface area contributed by atoms with Gasteiger partial charge in [0.15, 0.2) is 0 Å². The molecule has 0 saturated heterocycles. The molecule has 7 nitrogen and oxygen atoms in total. The maximum absolute atomic E-state index is 12.2. The van der Waals surface area contributed by atoms with Gasteiger partial charge in [-0.25, -0.2) is 17.9 Å². The molecule has 128 valence electrons. The molecule has 9 heteroatoms. The highest BCUT2D eigenvalue weighted by atomic mass is 32.2. The number of carbonyl (C=O) groups excluding carboxylic acids is 1. The topological polar surface area (TPSA) is 113 Å². The average Bonchev–Trinajstić information content (AvgIpc) is 2.97. The fourth-order valence-electron chi connectivity index (χ4n) is 1.92. The third-order valence-corrected chi connectivity index (χ3v) is 5.62. The van der Waals surface area contributed by atoms with E-state index in [2.05, 4.69) is 10.0 Å². The summed E-state index contributed by atoms with van der Waals surface area (Å²) in [5.74, 6) is -1.74. The van der Waals surface area contributed by atoms with Gasteiger partial charge >= 0.3 is 5.97 Å². The number of carboxylic acid groups (broad SMARTS) is 1. The van der Waals surface area contributed by atoms with E-state index in [0.717, 1.165) is 11.3 Å². The van der Waals surface area contributed by atoms with Crippen molar-refractivity contribution < 1.29 is 23.1 Å². The molecule has 1 aromatic carbocycles. The van der Waals surface area contributed by atoms with Gasteiger partial charge in [0.2, 0.25) is 10.0 Å². The third-order valence-electron chi connectivity index (χ3n) is 2.91. The summed E-state index contributed by atoms with van der Waals surface area (Å²) in [7, 11) is -3.68. The SMILES string of the molecule is CC(C)NS(=O)(=O)c1csc(C(=O)Nc2ccccc2C(=O)O)c1. The first kappa shape index (κ1) is 18.1. The highest BCUT2D eigenvalue weighted by molar-refractivity contribution is 7.89. The minimum Gasteiger partial charge on any atom is -0.478 e. The predicted molar refractivity (Wildman–Crippen MR) is 91.1 cm³/mol. The van der Waals surface area contributed by atoms with Gasteiger partial charge in [-0.15, -0.1) is 11.3 Å². The highest BCUT2D eigenvalue weighted by Crippen LogP contribution is 2.22. The molecule has 1 heterocycles. The Bertz CT molecular complexity index is 871. The van der Waals surface area contributed by atoms with Crippen molar-refractivity contribution in [3.8, 4) is 0 Å². The molecule has 0 fully saturated rings. The fraction of sp³-hybridized carbons (Fsp3) is 0.200. The largest absolute Gasteiger partial charge is 0.478 e. The zero-order chi connectivity index (χ0) is 17.9. The van der Waals surface area contributed by atoms with Crippen LogP contribution in [0.3, 0.4) is 0 Å². The van der Waals surface area contributed by atoms with Gasteiger partial charge < -0.3 is 10.4 Å². The van der Waals surface area contributed by atoms with Crippen LogP contribution in [0.25, 0.3) is 0 Å². The number of anilines is 1. The second-order valence-corrected chi connectivity index (χ2v) is 7.85. The number of rotatable bonds is 6. The van der Waals surface area contributed by atoms with Gasteiger partial charge in [0.1, 0.15) is 0 Å². The van der Waals surface area contributed by atoms with Gasteiger partial charge in [-0.1, -0.05) is 12.1 Å². The van der Waals surface area contributed by atoms with Crippen LogP contribution >= 0.6 is 11.3 Å². The molecule has 2 rings (SSSR count). The lowest BCUT2D eigenvalue weighted by molar-refractivity contribution is 0.0698. The maximum Gasteiger partial charge on any atom is 0.337 e. The summed E-state index contributed by atoms with van der Waals surface area (Å²) in [5.41, 5.74) is 0.102. The van der Waals surface area contributed by atoms with E-state index >= 15 is 0 Å². The molecule has 0 aliphatic heterocycles. The van der Waals surface area contributed by atoms with E-state index in [-0.39, 0.29) is 27.1 Å². The number of benzene rings is 1. The summed E-state index contributed by atoms with van der Waals surface area (Å²) in [5, 5.41) is 13.0. The van der Waals surface area contributed by atoms with Crippen LogP contribution in [0.4, 0.5) is 5.69 Å². The van der Waals surface area contributed by atoms with Crippen LogP contribution in [0.5, 0.6) is 0 Å². The molecule has 0 spiro atoms. The Kier molecular flexibility index (Phi) is 5.37. The van der Waals surface area contributed by atoms with Crippen LogP contribution in [0.2, 0.25) is 0 Å². The second-order valence-electron chi connectivity index (χ2n) is 5.23. The number of nitrogens with one attached hydrogen (secondary N) is 2. The molecule has 1 amide bonds. The van der Waals surface area contributed by atoms with Gasteiger partial charge in [0.05, 0.1) is 21.0 Å². The number of thiophene rings is 1. The molecule has 0 bridgehead atoms. The Morgan fingerprint density at radius 1 is 1.21 bits per heavy atom. The Labute approximate surface area is 143 Å². The van der Waals surface area contributed by atoms with Crippen molar-refractivity contribution in [2.75, 3.05) is 5.32 Å². The number of amides is 1. The Morgan fingerprint density at radius 3 is 2.50 bits per heavy atom. The van der Waals surface area contributed by atoms with Gasteiger partial charge in [-0.05, 0) is 32.0 Å². The Hall–Kier alpha value is -2.23. The summed E-state index contributed by atoms with van der Waals surface area (Å²) in [6.07, 6.45) is 0. The molecule has 0 saturated carbocycles. The number of hydrogen-bond donors (Lipinski definition) is 3. The summed E-state index contributed by atoms with van der Waals surface area (Å²) < 4.78 is 26.6. The van der Waals surface area contributed by atoms with Crippen molar-refractivity contribution >= 4 is 38.9 Å². The Morgan fingerprint density at radius 2 is 1.88 bits per heavy atom. The molecule has 24 heavy (non-hydrogen) atoms. The quantitative estimate of drug-likeness (QED) is 0.725. The van der Waals surface area contributed by atoms with Crippen molar-refractivity contribution in [1.29, 1.82) is 0 Å². The number of carboxylic acids is 1. The normalized spacial score (nSPS) is 11.5. The monoisotopic (exact) mass is 368 g/mol. The summed E-state index contributed by atoms with van der Waals surface area (Å²) in [4.78, 5) is 23.5. The number of para-hydroxylation sites is 1. The van der Waals surface area contributed by atoms with Gasteiger partial charge in [0.25, 0.3) is 5.91 Å². The van der Waals surface area contributed by atoms with Crippen LogP contribution in [-0.4, -0.2) is 31.4 Å². The molecule has 0 unspecified atom stereocenters. The summed E-state index contributed by atoms with van der Waals surface area (Å²) in [6, 6.07) is 6.97. The molecular weight excluding hydrogens is 352 g/mol. The molecule has 3 N–H and O–H groups in total. The fourth-order valence-corrected chi connectivity index (χ4v) is 4.34. The minimum atomic E-state index is -3.68. The first-order chi connectivity index (χ1) is 11.2. The van der Waals surface area contributed by atoms with Crippen molar-refractivity contribution in [2.45, 2.75) is 24.8 Å². The predicted octanol–water partition coefficient (Wildman–Crippen LogP) is 2.39. The van der Waals surface area contributed by atoms with Crippen LogP contribution in [-0.2, 0) is 10.0 Å². The molecular formula is C15H16N2O5S2. The number of sulfonamides is 1. The van der Waals surface area contributed by atoms with E-state index < -0.39 is 21.9 Å². The van der Waals surface area contributed by atoms with E-state index in [1.165, 1.54) is 23.6 Å². The van der Waals surface area contributed by atoms with E-state index in [0.29, 0.717) is 0 Å². The second kappa shape index (κ2) is 7.12. The zero-order valence-corrected chi connectivity index (χ0v) is 14.6. The Balaban J connectivity index is 2.23.